The van der Waals surface area contributed by atoms with E-state index in [1.54, 1.807) is 4.90 Å². The number of rotatable bonds is 5. The monoisotopic (exact) mass is 227 g/mol. The predicted molar refractivity (Wildman–Crippen MR) is 66.4 cm³/mol. The predicted octanol–water partition coefficient (Wildman–Crippen LogP) is 0.539. The SMILES string of the molecule is CCCN(CC(=O)N(C)C)C1CCNCC1. The third-order valence-corrected chi connectivity index (χ3v) is 3.17. The molecule has 4 heteroatoms. The third kappa shape index (κ3) is 4.10. The van der Waals surface area contributed by atoms with Crippen LogP contribution in [0.15, 0.2) is 0 Å². The summed E-state index contributed by atoms with van der Waals surface area (Å²) in [5.74, 6) is 0.215. The van der Waals surface area contributed by atoms with Crippen molar-refractivity contribution in [2.24, 2.45) is 0 Å². The molecule has 0 aliphatic carbocycles. The molecule has 94 valence electrons. The average molecular weight is 227 g/mol. The second kappa shape index (κ2) is 6.86. The Balaban J connectivity index is 2.48. The van der Waals surface area contributed by atoms with E-state index >= 15 is 0 Å². The van der Waals surface area contributed by atoms with Gasteiger partial charge in [-0.15, -0.1) is 0 Å². The van der Waals surface area contributed by atoms with Gasteiger partial charge in [0.15, 0.2) is 0 Å². The topological polar surface area (TPSA) is 35.6 Å². The number of likely N-dealkylation sites (N-methyl/N-ethyl adjacent to an activating group) is 1. The van der Waals surface area contributed by atoms with Crippen LogP contribution in [0.3, 0.4) is 0 Å². The zero-order valence-corrected chi connectivity index (χ0v) is 10.8. The molecule has 0 spiro atoms. The molecule has 0 unspecified atom stereocenters. The number of amides is 1. The third-order valence-electron chi connectivity index (χ3n) is 3.17. The molecule has 0 saturated carbocycles. The second-order valence-electron chi connectivity index (χ2n) is 4.74. The minimum atomic E-state index is 0.215. The second-order valence-corrected chi connectivity index (χ2v) is 4.74. The number of carbonyl (C=O) groups is 1. The normalized spacial score (nSPS) is 17.8. The van der Waals surface area contributed by atoms with E-state index in [2.05, 4.69) is 17.1 Å². The van der Waals surface area contributed by atoms with Crippen molar-refractivity contribution in [3.63, 3.8) is 0 Å². The molecular formula is C12H25N3O. The lowest BCUT2D eigenvalue weighted by molar-refractivity contribution is -0.130. The van der Waals surface area contributed by atoms with Crippen molar-refractivity contribution >= 4 is 5.91 Å². The number of hydrogen-bond acceptors (Lipinski definition) is 3. The van der Waals surface area contributed by atoms with Crippen LogP contribution in [-0.2, 0) is 4.79 Å². The molecule has 1 aliphatic rings. The quantitative estimate of drug-likeness (QED) is 0.744. The summed E-state index contributed by atoms with van der Waals surface area (Å²) >= 11 is 0. The summed E-state index contributed by atoms with van der Waals surface area (Å²) in [6, 6.07) is 0.588. The fourth-order valence-electron chi connectivity index (χ4n) is 2.16. The smallest absolute Gasteiger partial charge is 0.236 e. The first-order valence-corrected chi connectivity index (χ1v) is 6.30. The van der Waals surface area contributed by atoms with Gasteiger partial charge in [-0.05, 0) is 38.9 Å². The first-order chi connectivity index (χ1) is 7.65. The van der Waals surface area contributed by atoms with Crippen molar-refractivity contribution in [3.05, 3.63) is 0 Å². The van der Waals surface area contributed by atoms with Crippen molar-refractivity contribution in [1.82, 2.24) is 15.1 Å². The Hall–Kier alpha value is -0.610. The van der Waals surface area contributed by atoms with Crippen LogP contribution in [-0.4, -0.2) is 62.0 Å². The Kier molecular flexibility index (Phi) is 5.77. The van der Waals surface area contributed by atoms with Crippen LogP contribution in [0.5, 0.6) is 0 Å². The van der Waals surface area contributed by atoms with Crippen LogP contribution < -0.4 is 5.32 Å². The van der Waals surface area contributed by atoms with Crippen molar-refractivity contribution in [2.45, 2.75) is 32.2 Å². The molecule has 4 nitrogen and oxygen atoms in total. The van der Waals surface area contributed by atoms with Gasteiger partial charge in [0.05, 0.1) is 6.54 Å². The van der Waals surface area contributed by atoms with Crippen LogP contribution in [0.4, 0.5) is 0 Å². The molecule has 1 fully saturated rings. The van der Waals surface area contributed by atoms with E-state index in [4.69, 9.17) is 0 Å². The average Bonchev–Trinajstić information content (AvgIpc) is 2.29. The minimum Gasteiger partial charge on any atom is -0.348 e. The lowest BCUT2D eigenvalue weighted by Gasteiger charge is -2.34. The van der Waals surface area contributed by atoms with Crippen LogP contribution >= 0.6 is 0 Å². The molecule has 1 rings (SSSR count). The van der Waals surface area contributed by atoms with Gasteiger partial charge < -0.3 is 10.2 Å². The zero-order valence-electron chi connectivity index (χ0n) is 10.8. The number of piperidine rings is 1. The van der Waals surface area contributed by atoms with Gasteiger partial charge in [0, 0.05) is 20.1 Å². The minimum absolute atomic E-state index is 0.215. The van der Waals surface area contributed by atoms with E-state index in [-0.39, 0.29) is 5.91 Å². The van der Waals surface area contributed by atoms with Crippen molar-refractivity contribution in [2.75, 3.05) is 40.3 Å². The van der Waals surface area contributed by atoms with Gasteiger partial charge in [-0.1, -0.05) is 6.92 Å². The van der Waals surface area contributed by atoms with Gasteiger partial charge in [-0.3, -0.25) is 9.69 Å². The highest BCUT2D eigenvalue weighted by atomic mass is 16.2. The van der Waals surface area contributed by atoms with Crippen molar-refractivity contribution in [3.8, 4) is 0 Å². The molecule has 1 heterocycles. The van der Waals surface area contributed by atoms with E-state index in [1.165, 1.54) is 12.8 Å². The fraction of sp³-hybridized carbons (Fsp3) is 0.917. The molecule has 1 N–H and O–H groups in total. The van der Waals surface area contributed by atoms with E-state index in [0.29, 0.717) is 12.6 Å². The highest BCUT2D eigenvalue weighted by Gasteiger charge is 2.22. The Bertz CT molecular complexity index is 212. The molecule has 0 atom stereocenters. The standard InChI is InChI=1S/C12H25N3O/c1-4-9-15(10-12(16)14(2)3)11-5-7-13-8-6-11/h11,13H,4-10H2,1-3H3. The Morgan fingerprint density at radius 2 is 1.94 bits per heavy atom. The molecule has 0 bridgehead atoms. The molecule has 0 radical (unpaired) electrons. The van der Waals surface area contributed by atoms with E-state index in [1.807, 2.05) is 14.1 Å². The first-order valence-electron chi connectivity index (χ1n) is 6.30. The van der Waals surface area contributed by atoms with Crippen LogP contribution in [0, 0.1) is 0 Å². The molecule has 0 aromatic carbocycles. The van der Waals surface area contributed by atoms with Crippen molar-refractivity contribution in [1.29, 1.82) is 0 Å². The van der Waals surface area contributed by atoms with Gasteiger partial charge in [-0.2, -0.15) is 0 Å². The summed E-state index contributed by atoms with van der Waals surface area (Å²) in [6.07, 6.45) is 3.45. The van der Waals surface area contributed by atoms with E-state index in [9.17, 15) is 4.79 Å². The van der Waals surface area contributed by atoms with Crippen molar-refractivity contribution < 1.29 is 4.79 Å². The Labute approximate surface area is 99.0 Å². The Morgan fingerprint density at radius 3 is 2.44 bits per heavy atom. The van der Waals surface area contributed by atoms with E-state index in [0.717, 1.165) is 26.1 Å². The fourth-order valence-corrected chi connectivity index (χ4v) is 2.16. The van der Waals surface area contributed by atoms with Crippen LogP contribution in [0.2, 0.25) is 0 Å². The maximum absolute atomic E-state index is 11.7. The summed E-state index contributed by atoms with van der Waals surface area (Å²) in [5.41, 5.74) is 0. The molecular weight excluding hydrogens is 202 g/mol. The summed E-state index contributed by atoms with van der Waals surface area (Å²) in [7, 11) is 3.66. The van der Waals surface area contributed by atoms with Gasteiger partial charge in [0.2, 0.25) is 5.91 Å². The van der Waals surface area contributed by atoms with Gasteiger partial charge >= 0.3 is 0 Å². The Morgan fingerprint density at radius 1 is 1.31 bits per heavy atom. The number of nitrogens with one attached hydrogen (secondary N) is 1. The van der Waals surface area contributed by atoms with Gasteiger partial charge in [0.1, 0.15) is 0 Å². The van der Waals surface area contributed by atoms with E-state index < -0.39 is 0 Å². The van der Waals surface area contributed by atoms with Crippen LogP contribution in [0.1, 0.15) is 26.2 Å². The maximum Gasteiger partial charge on any atom is 0.236 e. The number of carbonyl (C=O) groups excluding carboxylic acids is 1. The molecule has 16 heavy (non-hydrogen) atoms. The number of hydrogen-bond donors (Lipinski definition) is 1. The highest BCUT2D eigenvalue weighted by Crippen LogP contribution is 2.12. The summed E-state index contributed by atoms with van der Waals surface area (Å²) in [4.78, 5) is 15.8. The summed E-state index contributed by atoms with van der Waals surface area (Å²) in [6.45, 7) is 5.95. The maximum atomic E-state index is 11.7. The molecule has 0 aromatic heterocycles. The van der Waals surface area contributed by atoms with Gasteiger partial charge in [-0.25, -0.2) is 0 Å². The lowest BCUT2D eigenvalue weighted by Crippen LogP contribution is -2.47. The van der Waals surface area contributed by atoms with Crippen LogP contribution in [0.25, 0.3) is 0 Å². The molecule has 1 saturated heterocycles. The molecule has 0 aromatic rings. The lowest BCUT2D eigenvalue weighted by atomic mass is 10.0. The summed E-state index contributed by atoms with van der Waals surface area (Å²) in [5, 5.41) is 3.37. The highest BCUT2D eigenvalue weighted by molar-refractivity contribution is 5.77. The van der Waals surface area contributed by atoms with Gasteiger partial charge in [0.25, 0.3) is 0 Å². The first kappa shape index (κ1) is 13.5. The summed E-state index contributed by atoms with van der Waals surface area (Å²) < 4.78 is 0. The molecule has 1 amide bonds. The molecule has 1 aliphatic heterocycles. The zero-order chi connectivity index (χ0) is 12.0. The number of nitrogens with zero attached hydrogens (tertiary/aromatic N) is 2. The largest absolute Gasteiger partial charge is 0.348 e.